The van der Waals surface area contributed by atoms with E-state index in [0.717, 1.165) is 24.3 Å². The molecule has 0 aliphatic heterocycles. The highest BCUT2D eigenvalue weighted by Gasteiger charge is 2.16. The summed E-state index contributed by atoms with van der Waals surface area (Å²) >= 11 is 0. The van der Waals surface area contributed by atoms with Crippen LogP contribution in [0.25, 0.3) is 0 Å². The third-order valence-corrected chi connectivity index (χ3v) is 3.28. The minimum Gasteiger partial charge on any atom is -0.497 e. The number of rotatable bonds is 2. The fraction of sp³-hybridized carbons (Fsp3) is 0.188. The van der Waals surface area contributed by atoms with Crippen molar-refractivity contribution < 1.29 is 4.74 Å². The third-order valence-electron chi connectivity index (χ3n) is 3.28. The highest BCUT2D eigenvalue weighted by atomic mass is 16.5. The number of benzene rings is 2. The van der Waals surface area contributed by atoms with Crippen LogP contribution in [-0.4, -0.2) is 12.8 Å². The number of methoxy groups -OCH3 is 1. The van der Waals surface area contributed by atoms with Gasteiger partial charge in [-0.25, -0.2) is 0 Å². The summed E-state index contributed by atoms with van der Waals surface area (Å²) in [7, 11) is 1.68. The average molecular weight is 237 g/mol. The first-order valence-corrected chi connectivity index (χ1v) is 6.17. The van der Waals surface area contributed by atoms with Crippen LogP contribution in [0.1, 0.15) is 17.5 Å². The summed E-state index contributed by atoms with van der Waals surface area (Å²) in [5.74, 6) is 0.850. The van der Waals surface area contributed by atoms with Gasteiger partial charge < -0.3 is 4.74 Å². The topological polar surface area (TPSA) is 21.6 Å². The van der Waals surface area contributed by atoms with Gasteiger partial charge in [-0.2, -0.15) is 0 Å². The van der Waals surface area contributed by atoms with E-state index < -0.39 is 0 Å². The van der Waals surface area contributed by atoms with Crippen LogP contribution in [0.3, 0.4) is 0 Å². The zero-order chi connectivity index (χ0) is 12.4. The van der Waals surface area contributed by atoms with Gasteiger partial charge in [-0.3, -0.25) is 4.99 Å². The normalized spacial score (nSPS) is 15.7. The van der Waals surface area contributed by atoms with Crippen LogP contribution in [-0.2, 0) is 6.42 Å². The molecule has 0 bridgehead atoms. The highest BCUT2D eigenvalue weighted by Crippen LogP contribution is 2.26. The molecule has 0 spiro atoms. The second-order valence-corrected chi connectivity index (χ2v) is 4.42. The SMILES string of the molecule is COc1cccc(N=C2CCc3ccccc32)c1. The zero-order valence-electron chi connectivity index (χ0n) is 10.4. The van der Waals surface area contributed by atoms with Gasteiger partial charge in [-0.05, 0) is 36.1 Å². The minimum atomic E-state index is 0.850. The van der Waals surface area contributed by atoms with Crippen molar-refractivity contribution >= 4 is 11.4 Å². The molecule has 0 radical (unpaired) electrons. The molecule has 0 heterocycles. The smallest absolute Gasteiger partial charge is 0.121 e. The lowest BCUT2D eigenvalue weighted by molar-refractivity contribution is 0.415. The largest absolute Gasteiger partial charge is 0.497 e. The van der Waals surface area contributed by atoms with Crippen molar-refractivity contribution in [3.05, 3.63) is 59.7 Å². The first-order valence-electron chi connectivity index (χ1n) is 6.17. The number of ether oxygens (including phenoxy) is 1. The van der Waals surface area contributed by atoms with E-state index in [1.54, 1.807) is 7.11 Å². The first-order chi connectivity index (χ1) is 8.86. The summed E-state index contributed by atoms with van der Waals surface area (Å²) in [6.07, 6.45) is 2.12. The van der Waals surface area contributed by atoms with Crippen molar-refractivity contribution in [2.24, 2.45) is 4.99 Å². The Hall–Kier alpha value is -2.09. The third kappa shape index (κ3) is 2.02. The van der Waals surface area contributed by atoms with Gasteiger partial charge in [0.15, 0.2) is 0 Å². The predicted molar refractivity (Wildman–Crippen MR) is 74.0 cm³/mol. The lowest BCUT2D eigenvalue weighted by atomic mass is 10.1. The number of aryl methyl sites for hydroxylation is 1. The van der Waals surface area contributed by atoms with E-state index in [1.165, 1.54) is 16.8 Å². The Labute approximate surface area is 107 Å². The molecular formula is C16H15NO. The fourth-order valence-electron chi connectivity index (χ4n) is 2.36. The summed E-state index contributed by atoms with van der Waals surface area (Å²) in [6.45, 7) is 0. The van der Waals surface area contributed by atoms with Crippen molar-refractivity contribution in [3.8, 4) is 5.75 Å². The highest BCUT2D eigenvalue weighted by molar-refractivity contribution is 6.05. The average Bonchev–Trinajstić information content (AvgIpc) is 2.83. The summed E-state index contributed by atoms with van der Waals surface area (Å²) < 4.78 is 5.22. The van der Waals surface area contributed by atoms with Crippen LogP contribution in [0.5, 0.6) is 5.75 Å². The van der Waals surface area contributed by atoms with Gasteiger partial charge >= 0.3 is 0 Å². The van der Waals surface area contributed by atoms with Crippen molar-refractivity contribution in [2.45, 2.75) is 12.8 Å². The monoisotopic (exact) mass is 237 g/mol. The Morgan fingerprint density at radius 2 is 1.89 bits per heavy atom. The van der Waals surface area contributed by atoms with E-state index in [4.69, 9.17) is 9.73 Å². The Morgan fingerprint density at radius 3 is 2.78 bits per heavy atom. The van der Waals surface area contributed by atoms with Crippen molar-refractivity contribution in [1.29, 1.82) is 0 Å². The number of hydrogen-bond acceptors (Lipinski definition) is 2. The fourth-order valence-corrected chi connectivity index (χ4v) is 2.36. The van der Waals surface area contributed by atoms with Crippen LogP contribution < -0.4 is 4.74 Å². The molecule has 1 aliphatic rings. The molecule has 0 amide bonds. The van der Waals surface area contributed by atoms with Gasteiger partial charge in [0, 0.05) is 11.8 Å². The van der Waals surface area contributed by atoms with Crippen molar-refractivity contribution in [2.75, 3.05) is 7.11 Å². The maximum atomic E-state index is 5.22. The van der Waals surface area contributed by atoms with E-state index in [0.29, 0.717) is 0 Å². The predicted octanol–water partition coefficient (Wildman–Crippen LogP) is 3.76. The van der Waals surface area contributed by atoms with Gasteiger partial charge in [0.2, 0.25) is 0 Å². The Morgan fingerprint density at radius 1 is 1.00 bits per heavy atom. The zero-order valence-corrected chi connectivity index (χ0v) is 10.4. The van der Waals surface area contributed by atoms with Crippen LogP contribution >= 0.6 is 0 Å². The quantitative estimate of drug-likeness (QED) is 0.779. The summed E-state index contributed by atoms with van der Waals surface area (Å²) in [6, 6.07) is 16.4. The molecule has 0 aromatic heterocycles. The molecule has 2 heteroatoms. The molecule has 2 nitrogen and oxygen atoms in total. The van der Waals surface area contributed by atoms with E-state index >= 15 is 0 Å². The minimum absolute atomic E-state index is 0.850. The van der Waals surface area contributed by atoms with Crippen molar-refractivity contribution in [1.82, 2.24) is 0 Å². The number of aliphatic imine (C=N–C) groups is 1. The molecule has 0 saturated carbocycles. The van der Waals surface area contributed by atoms with Crippen molar-refractivity contribution in [3.63, 3.8) is 0 Å². The summed E-state index contributed by atoms with van der Waals surface area (Å²) in [4.78, 5) is 4.74. The Kier molecular flexibility index (Phi) is 2.85. The lowest BCUT2D eigenvalue weighted by Gasteiger charge is -2.02. The molecule has 0 atom stereocenters. The molecular weight excluding hydrogens is 222 g/mol. The molecule has 2 aromatic rings. The van der Waals surface area contributed by atoms with Crippen LogP contribution in [0, 0.1) is 0 Å². The van der Waals surface area contributed by atoms with Crippen LogP contribution in [0.15, 0.2) is 53.5 Å². The number of fused-ring (bicyclic) bond motifs is 1. The van der Waals surface area contributed by atoms with Gasteiger partial charge in [0.05, 0.1) is 12.8 Å². The standard InChI is InChI=1S/C16H15NO/c1-18-14-7-4-6-13(11-14)17-16-10-9-12-5-2-3-8-15(12)16/h2-8,11H,9-10H2,1H3. The van der Waals surface area contributed by atoms with E-state index in [9.17, 15) is 0 Å². The molecule has 0 fully saturated rings. The summed E-state index contributed by atoms with van der Waals surface area (Å²) in [5.41, 5.74) is 4.83. The number of nitrogens with zero attached hydrogens (tertiary/aromatic N) is 1. The van der Waals surface area contributed by atoms with E-state index in [-0.39, 0.29) is 0 Å². The van der Waals surface area contributed by atoms with Gasteiger partial charge in [0.25, 0.3) is 0 Å². The summed E-state index contributed by atoms with van der Waals surface area (Å²) in [5, 5.41) is 0. The van der Waals surface area contributed by atoms with Crippen LogP contribution in [0.4, 0.5) is 5.69 Å². The molecule has 1 aliphatic carbocycles. The number of hydrogen-bond donors (Lipinski definition) is 0. The molecule has 18 heavy (non-hydrogen) atoms. The Bertz CT molecular complexity index is 602. The van der Waals surface area contributed by atoms with Gasteiger partial charge in [-0.1, -0.05) is 30.3 Å². The first kappa shape index (κ1) is 11.0. The maximum absolute atomic E-state index is 5.22. The van der Waals surface area contributed by atoms with E-state index in [1.807, 2.05) is 24.3 Å². The molecule has 0 unspecified atom stereocenters. The second-order valence-electron chi connectivity index (χ2n) is 4.42. The van der Waals surface area contributed by atoms with Gasteiger partial charge in [0.1, 0.15) is 5.75 Å². The molecule has 2 aromatic carbocycles. The Balaban J connectivity index is 1.98. The molecule has 3 rings (SSSR count). The van der Waals surface area contributed by atoms with E-state index in [2.05, 4.69) is 24.3 Å². The maximum Gasteiger partial charge on any atom is 0.121 e. The van der Waals surface area contributed by atoms with Crippen LogP contribution in [0.2, 0.25) is 0 Å². The van der Waals surface area contributed by atoms with Gasteiger partial charge in [-0.15, -0.1) is 0 Å². The molecule has 0 N–H and O–H groups in total. The lowest BCUT2D eigenvalue weighted by Crippen LogP contribution is -1.93. The molecule has 90 valence electrons. The second kappa shape index (κ2) is 4.65. The molecule has 0 saturated heterocycles.